The van der Waals surface area contributed by atoms with Crippen molar-refractivity contribution in [3.8, 4) is 11.5 Å². The van der Waals surface area contributed by atoms with E-state index in [0.717, 1.165) is 25.9 Å². The zero-order chi connectivity index (χ0) is 15.1. The third-order valence-electron chi connectivity index (χ3n) is 3.68. The molecule has 0 saturated carbocycles. The van der Waals surface area contributed by atoms with E-state index in [1.54, 1.807) is 0 Å². The molecular weight excluding hydrogens is 304 g/mol. The monoisotopic (exact) mass is 328 g/mol. The molecule has 1 aromatic rings. The molecule has 0 aliphatic carbocycles. The Bertz CT molecular complexity index is 470. The molecule has 1 atom stereocenters. The molecule has 0 radical (unpaired) electrons. The summed E-state index contributed by atoms with van der Waals surface area (Å²) in [4.78, 5) is 14.1. The van der Waals surface area contributed by atoms with Gasteiger partial charge in [-0.3, -0.25) is 4.79 Å². The normalized spacial score (nSPS) is 17.5. The summed E-state index contributed by atoms with van der Waals surface area (Å²) in [6.07, 6.45) is 2.15. The van der Waals surface area contributed by atoms with E-state index in [2.05, 4.69) is 5.32 Å². The van der Waals surface area contributed by atoms with Crippen LogP contribution in [0.2, 0.25) is 0 Å². The number of ether oxygens (including phenoxy) is 2. The fraction of sp³-hybridized carbons (Fsp3) is 0.562. The summed E-state index contributed by atoms with van der Waals surface area (Å²) in [5.74, 6) is 1.33. The maximum atomic E-state index is 12.2. The number of hydrogen-bond donors (Lipinski definition) is 1. The van der Waals surface area contributed by atoms with Gasteiger partial charge in [0.25, 0.3) is 5.91 Å². The first-order valence-corrected chi connectivity index (χ1v) is 7.54. The molecule has 1 unspecified atom stereocenters. The average molecular weight is 329 g/mol. The lowest BCUT2D eigenvalue weighted by molar-refractivity contribution is -0.134. The van der Waals surface area contributed by atoms with Gasteiger partial charge >= 0.3 is 0 Å². The molecular formula is C16H25ClN2O3. The quantitative estimate of drug-likeness (QED) is 0.869. The zero-order valence-corrected chi connectivity index (χ0v) is 14.0. The number of carbonyl (C=O) groups excluding carboxylic acids is 1. The van der Waals surface area contributed by atoms with Gasteiger partial charge in [0.1, 0.15) is 0 Å². The summed E-state index contributed by atoms with van der Waals surface area (Å²) in [6.45, 7) is 4.12. The zero-order valence-electron chi connectivity index (χ0n) is 13.2. The summed E-state index contributed by atoms with van der Waals surface area (Å²) < 4.78 is 11.1. The van der Waals surface area contributed by atoms with Crippen LogP contribution in [0.15, 0.2) is 24.3 Å². The predicted molar refractivity (Wildman–Crippen MR) is 89.0 cm³/mol. The third-order valence-corrected chi connectivity index (χ3v) is 3.68. The van der Waals surface area contributed by atoms with Gasteiger partial charge < -0.3 is 19.7 Å². The second-order valence-electron chi connectivity index (χ2n) is 5.14. The number of carbonyl (C=O) groups is 1. The van der Waals surface area contributed by atoms with Crippen molar-refractivity contribution in [3.63, 3.8) is 0 Å². The van der Waals surface area contributed by atoms with Gasteiger partial charge in [-0.25, -0.2) is 0 Å². The van der Waals surface area contributed by atoms with Crippen LogP contribution in [0, 0.1) is 0 Å². The number of para-hydroxylation sites is 2. The molecule has 1 fully saturated rings. The van der Waals surface area contributed by atoms with Crippen LogP contribution in [0.25, 0.3) is 0 Å². The van der Waals surface area contributed by atoms with Crippen LogP contribution < -0.4 is 14.8 Å². The van der Waals surface area contributed by atoms with Crippen molar-refractivity contribution in [2.45, 2.75) is 25.8 Å². The van der Waals surface area contributed by atoms with E-state index in [4.69, 9.17) is 9.47 Å². The number of halogens is 1. The molecule has 5 nitrogen and oxygen atoms in total. The van der Waals surface area contributed by atoms with Crippen molar-refractivity contribution in [1.82, 2.24) is 10.2 Å². The lowest BCUT2D eigenvalue weighted by Gasteiger charge is -2.32. The Hall–Kier alpha value is -1.46. The molecule has 1 saturated heterocycles. The van der Waals surface area contributed by atoms with E-state index in [1.165, 1.54) is 0 Å². The molecule has 0 aromatic heterocycles. The second kappa shape index (κ2) is 9.54. The first-order chi connectivity index (χ1) is 10.2. The summed E-state index contributed by atoms with van der Waals surface area (Å²) in [5.41, 5.74) is 0. The van der Waals surface area contributed by atoms with Crippen LogP contribution in [0.1, 0.15) is 19.8 Å². The molecule has 1 aliphatic rings. The molecule has 1 heterocycles. The first kappa shape index (κ1) is 18.6. The standard InChI is InChI=1S/C16H24N2O3.ClH/c1-3-20-14-8-4-5-9-15(14)21-12-16(19)18-10-6-7-13(11-18)17-2;/h4-5,8-9,13,17H,3,6-7,10-12H2,1-2H3;1H. The highest BCUT2D eigenvalue weighted by atomic mass is 35.5. The highest BCUT2D eigenvalue weighted by molar-refractivity contribution is 5.85. The Labute approximate surface area is 138 Å². The number of nitrogens with zero attached hydrogens (tertiary/aromatic N) is 1. The number of rotatable bonds is 6. The highest BCUT2D eigenvalue weighted by Gasteiger charge is 2.22. The van der Waals surface area contributed by atoms with Gasteiger partial charge in [-0.2, -0.15) is 0 Å². The van der Waals surface area contributed by atoms with E-state index in [9.17, 15) is 4.79 Å². The van der Waals surface area contributed by atoms with E-state index >= 15 is 0 Å². The van der Waals surface area contributed by atoms with E-state index in [1.807, 2.05) is 43.1 Å². The van der Waals surface area contributed by atoms with Gasteiger partial charge in [0.15, 0.2) is 18.1 Å². The molecule has 0 spiro atoms. The Morgan fingerprint density at radius 1 is 1.32 bits per heavy atom. The third kappa shape index (κ3) is 5.07. The van der Waals surface area contributed by atoms with Crippen LogP contribution in [-0.2, 0) is 4.79 Å². The minimum atomic E-state index is 0. The number of amides is 1. The van der Waals surface area contributed by atoms with Crippen molar-refractivity contribution < 1.29 is 14.3 Å². The molecule has 2 rings (SSSR count). The van der Waals surface area contributed by atoms with Crippen molar-refractivity contribution in [3.05, 3.63) is 24.3 Å². The number of nitrogens with one attached hydrogen (secondary N) is 1. The van der Waals surface area contributed by atoms with E-state index in [0.29, 0.717) is 24.1 Å². The van der Waals surface area contributed by atoms with Crippen molar-refractivity contribution >= 4 is 18.3 Å². The number of likely N-dealkylation sites (tertiary alicyclic amines) is 1. The molecule has 1 amide bonds. The number of piperidine rings is 1. The van der Waals surface area contributed by atoms with Crippen LogP contribution in [0.4, 0.5) is 0 Å². The summed E-state index contributed by atoms with van der Waals surface area (Å²) in [6, 6.07) is 7.83. The fourth-order valence-electron chi connectivity index (χ4n) is 2.51. The molecule has 1 N–H and O–H groups in total. The maximum absolute atomic E-state index is 12.2. The van der Waals surface area contributed by atoms with Crippen molar-refractivity contribution in [1.29, 1.82) is 0 Å². The Kier molecular flexibility index (Phi) is 8.06. The molecule has 1 aliphatic heterocycles. The number of likely N-dealkylation sites (N-methyl/N-ethyl adjacent to an activating group) is 1. The Morgan fingerprint density at radius 3 is 2.64 bits per heavy atom. The van der Waals surface area contributed by atoms with Gasteiger partial charge in [0, 0.05) is 19.1 Å². The summed E-state index contributed by atoms with van der Waals surface area (Å²) in [7, 11) is 1.94. The fourth-order valence-corrected chi connectivity index (χ4v) is 2.51. The topological polar surface area (TPSA) is 50.8 Å². The number of hydrogen-bond acceptors (Lipinski definition) is 4. The lowest BCUT2D eigenvalue weighted by atomic mass is 10.1. The second-order valence-corrected chi connectivity index (χ2v) is 5.14. The summed E-state index contributed by atoms with van der Waals surface area (Å²) >= 11 is 0. The van der Waals surface area contributed by atoms with Gasteiger partial charge in [0.05, 0.1) is 6.61 Å². The van der Waals surface area contributed by atoms with E-state index < -0.39 is 0 Å². The van der Waals surface area contributed by atoms with Gasteiger partial charge in [-0.1, -0.05) is 12.1 Å². The molecule has 124 valence electrons. The molecule has 0 bridgehead atoms. The number of benzene rings is 1. The van der Waals surface area contributed by atoms with Crippen LogP contribution in [0.3, 0.4) is 0 Å². The Balaban J connectivity index is 0.00000242. The van der Waals surface area contributed by atoms with Gasteiger partial charge in [-0.15, -0.1) is 12.4 Å². The SMILES string of the molecule is CCOc1ccccc1OCC(=O)N1CCCC(NC)C1.Cl. The van der Waals surface area contributed by atoms with Gasteiger partial charge in [0.2, 0.25) is 0 Å². The minimum Gasteiger partial charge on any atom is -0.490 e. The smallest absolute Gasteiger partial charge is 0.260 e. The minimum absolute atomic E-state index is 0. The average Bonchev–Trinajstić information content (AvgIpc) is 2.54. The highest BCUT2D eigenvalue weighted by Crippen LogP contribution is 2.26. The molecule has 6 heteroatoms. The lowest BCUT2D eigenvalue weighted by Crippen LogP contribution is -2.48. The van der Waals surface area contributed by atoms with E-state index in [-0.39, 0.29) is 24.9 Å². The van der Waals surface area contributed by atoms with Crippen LogP contribution in [0.5, 0.6) is 11.5 Å². The Morgan fingerprint density at radius 2 is 2.00 bits per heavy atom. The largest absolute Gasteiger partial charge is 0.490 e. The van der Waals surface area contributed by atoms with Gasteiger partial charge in [-0.05, 0) is 38.9 Å². The van der Waals surface area contributed by atoms with Crippen LogP contribution in [-0.4, -0.2) is 50.2 Å². The predicted octanol–water partition coefficient (Wildman–Crippen LogP) is 2.10. The molecule has 1 aromatic carbocycles. The van der Waals surface area contributed by atoms with Crippen molar-refractivity contribution in [2.24, 2.45) is 0 Å². The first-order valence-electron chi connectivity index (χ1n) is 7.54. The maximum Gasteiger partial charge on any atom is 0.260 e. The molecule has 22 heavy (non-hydrogen) atoms. The summed E-state index contributed by atoms with van der Waals surface area (Å²) in [5, 5.41) is 3.23. The van der Waals surface area contributed by atoms with Crippen molar-refractivity contribution in [2.75, 3.05) is 33.4 Å². The van der Waals surface area contributed by atoms with Crippen LogP contribution >= 0.6 is 12.4 Å².